The second-order valence-corrected chi connectivity index (χ2v) is 4.51. The van der Waals surface area contributed by atoms with Crippen molar-refractivity contribution >= 4 is 24.0 Å². The van der Waals surface area contributed by atoms with E-state index in [1.165, 1.54) is 0 Å². The van der Waals surface area contributed by atoms with Gasteiger partial charge in [-0.3, -0.25) is 4.79 Å². The van der Waals surface area contributed by atoms with Crippen LogP contribution in [-0.4, -0.2) is 19.0 Å². The minimum Gasteiger partial charge on any atom is -0.326 e. The first-order chi connectivity index (χ1) is 7.68. The van der Waals surface area contributed by atoms with E-state index in [-0.39, 0.29) is 24.2 Å². The zero-order valence-corrected chi connectivity index (χ0v) is 11.0. The van der Waals surface area contributed by atoms with Crippen molar-refractivity contribution in [3.8, 4) is 0 Å². The number of para-hydroxylation sites is 1. The van der Waals surface area contributed by atoms with Crippen molar-refractivity contribution in [3.05, 3.63) is 29.8 Å². The van der Waals surface area contributed by atoms with Crippen LogP contribution in [0.15, 0.2) is 24.3 Å². The second kappa shape index (κ2) is 6.03. The molecule has 2 N–H and O–H groups in total. The Morgan fingerprint density at radius 3 is 2.59 bits per heavy atom. The average molecular weight is 255 g/mol. The maximum Gasteiger partial charge on any atom is 0.227 e. The summed E-state index contributed by atoms with van der Waals surface area (Å²) in [6.07, 6.45) is 0. The van der Waals surface area contributed by atoms with Crippen molar-refractivity contribution in [3.63, 3.8) is 0 Å². The number of hydrogen-bond donors (Lipinski definition) is 2. The van der Waals surface area contributed by atoms with Crippen LogP contribution >= 0.6 is 12.4 Å². The van der Waals surface area contributed by atoms with Gasteiger partial charge < -0.3 is 10.6 Å². The third-order valence-electron chi connectivity index (χ3n) is 3.34. The van der Waals surface area contributed by atoms with E-state index in [0.29, 0.717) is 5.92 Å². The van der Waals surface area contributed by atoms with Crippen LogP contribution in [0.2, 0.25) is 0 Å². The van der Waals surface area contributed by atoms with Crippen LogP contribution in [0.25, 0.3) is 0 Å². The lowest BCUT2D eigenvalue weighted by molar-refractivity contribution is -0.121. The predicted molar refractivity (Wildman–Crippen MR) is 72.6 cm³/mol. The molecule has 0 bridgehead atoms. The first kappa shape index (κ1) is 14.0. The largest absolute Gasteiger partial charge is 0.326 e. The van der Waals surface area contributed by atoms with Crippen LogP contribution in [0.1, 0.15) is 12.5 Å². The zero-order chi connectivity index (χ0) is 11.5. The number of carbonyl (C=O) groups excluding carboxylic acids is 1. The maximum absolute atomic E-state index is 12.0. The summed E-state index contributed by atoms with van der Waals surface area (Å²) in [7, 11) is 0. The number of rotatable bonds is 3. The Balaban J connectivity index is 0.00000144. The number of aryl methyl sites for hydroxylation is 1. The highest BCUT2D eigenvalue weighted by atomic mass is 35.5. The molecule has 1 amide bonds. The van der Waals surface area contributed by atoms with E-state index in [4.69, 9.17) is 0 Å². The molecule has 0 aliphatic carbocycles. The van der Waals surface area contributed by atoms with E-state index in [1.807, 2.05) is 38.1 Å². The lowest BCUT2D eigenvalue weighted by atomic mass is 9.88. The van der Waals surface area contributed by atoms with Crippen molar-refractivity contribution in [2.45, 2.75) is 13.8 Å². The lowest BCUT2D eigenvalue weighted by Gasteiger charge is -2.31. The van der Waals surface area contributed by atoms with Crippen LogP contribution in [-0.2, 0) is 4.79 Å². The van der Waals surface area contributed by atoms with Gasteiger partial charge in [-0.25, -0.2) is 0 Å². The summed E-state index contributed by atoms with van der Waals surface area (Å²) in [5.41, 5.74) is 2.03. The fraction of sp³-hybridized carbons (Fsp3) is 0.462. The number of benzene rings is 1. The number of amides is 1. The van der Waals surface area contributed by atoms with Crippen LogP contribution < -0.4 is 10.6 Å². The van der Waals surface area contributed by atoms with Gasteiger partial charge in [0.25, 0.3) is 0 Å². The van der Waals surface area contributed by atoms with Crippen LogP contribution in [0, 0.1) is 18.8 Å². The van der Waals surface area contributed by atoms with E-state index in [0.717, 1.165) is 24.3 Å². The van der Waals surface area contributed by atoms with Gasteiger partial charge in [0.2, 0.25) is 5.91 Å². The van der Waals surface area contributed by atoms with Crippen molar-refractivity contribution in [1.82, 2.24) is 5.32 Å². The maximum atomic E-state index is 12.0. The fourth-order valence-corrected chi connectivity index (χ4v) is 1.84. The molecule has 94 valence electrons. The smallest absolute Gasteiger partial charge is 0.227 e. The van der Waals surface area contributed by atoms with Gasteiger partial charge in [-0.05, 0) is 37.6 Å². The van der Waals surface area contributed by atoms with E-state index in [2.05, 4.69) is 10.6 Å². The summed E-state index contributed by atoms with van der Waals surface area (Å²) in [4.78, 5) is 12.0. The highest BCUT2D eigenvalue weighted by Gasteiger charge is 2.28. The molecule has 4 heteroatoms. The molecule has 1 aromatic carbocycles. The molecule has 0 radical (unpaired) electrons. The molecule has 0 saturated carbocycles. The molecule has 1 atom stereocenters. The Morgan fingerprint density at radius 1 is 1.41 bits per heavy atom. The molecule has 0 aromatic heterocycles. The van der Waals surface area contributed by atoms with Gasteiger partial charge in [0.1, 0.15) is 0 Å². The third-order valence-corrected chi connectivity index (χ3v) is 3.34. The molecule has 0 spiro atoms. The predicted octanol–water partition coefficient (Wildman–Crippen LogP) is 2.21. The van der Waals surface area contributed by atoms with Gasteiger partial charge in [-0.2, -0.15) is 0 Å². The number of anilines is 1. The van der Waals surface area contributed by atoms with E-state index < -0.39 is 0 Å². The molecule has 1 saturated heterocycles. The molecule has 2 rings (SSSR count). The minimum atomic E-state index is 0. The van der Waals surface area contributed by atoms with Gasteiger partial charge in [0.15, 0.2) is 0 Å². The highest BCUT2D eigenvalue weighted by molar-refractivity contribution is 5.93. The van der Waals surface area contributed by atoms with E-state index in [9.17, 15) is 4.79 Å². The van der Waals surface area contributed by atoms with Crippen LogP contribution in [0.3, 0.4) is 0 Å². The Morgan fingerprint density at radius 2 is 2.06 bits per heavy atom. The number of hydrogen-bond acceptors (Lipinski definition) is 2. The van der Waals surface area contributed by atoms with Gasteiger partial charge >= 0.3 is 0 Å². The second-order valence-electron chi connectivity index (χ2n) is 4.51. The highest BCUT2D eigenvalue weighted by Crippen LogP contribution is 2.19. The SMILES string of the molecule is Cc1ccccc1NC(=O)C(C)C1CNC1.Cl. The summed E-state index contributed by atoms with van der Waals surface area (Å²) in [5, 5.41) is 6.18. The summed E-state index contributed by atoms with van der Waals surface area (Å²) >= 11 is 0. The van der Waals surface area contributed by atoms with Gasteiger partial charge in [-0.15, -0.1) is 12.4 Å². The quantitative estimate of drug-likeness (QED) is 0.869. The number of halogens is 1. The van der Waals surface area contributed by atoms with Crippen LogP contribution in [0.5, 0.6) is 0 Å². The molecule has 1 heterocycles. The molecule has 1 unspecified atom stereocenters. The topological polar surface area (TPSA) is 41.1 Å². The fourth-order valence-electron chi connectivity index (χ4n) is 1.84. The van der Waals surface area contributed by atoms with Crippen molar-refractivity contribution < 1.29 is 4.79 Å². The minimum absolute atomic E-state index is 0. The third kappa shape index (κ3) is 3.20. The van der Waals surface area contributed by atoms with Crippen molar-refractivity contribution in [1.29, 1.82) is 0 Å². The Kier molecular flexibility index (Phi) is 4.97. The first-order valence-electron chi connectivity index (χ1n) is 5.75. The van der Waals surface area contributed by atoms with Gasteiger partial charge in [0.05, 0.1) is 0 Å². The van der Waals surface area contributed by atoms with E-state index in [1.54, 1.807) is 0 Å². The van der Waals surface area contributed by atoms with Crippen molar-refractivity contribution in [2.75, 3.05) is 18.4 Å². The average Bonchev–Trinajstić information content (AvgIpc) is 2.18. The Hall–Kier alpha value is -1.06. The van der Waals surface area contributed by atoms with Gasteiger partial charge in [0, 0.05) is 11.6 Å². The van der Waals surface area contributed by atoms with Crippen LogP contribution in [0.4, 0.5) is 5.69 Å². The molecular weight excluding hydrogens is 236 g/mol. The Bertz CT molecular complexity index is 391. The number of carbonyl (C=O) groups is 1. The molecule has 1 aliphatic heterocycles. The van der Waals surface area contributed by atoms with Gasteiger partial charge in [-0.1, -0.05) is 25.1 Å². The summed E-state index contributed by atoms with van der Waals surface area (Å²) in [6, 6.07) is 7.87. The summed E-state index contributed by atoms with van der Waals surface area (Å²) in [6.45, 7) is 5.93. The van der Waals surface area contributed by atoms with Crippen molar-refractivity contribution in [2.24, 2.45) is 11.8 Å². The summed E-state index contributed by atoms with van der Waals surface area (Å²) < 4.78 is 0. The normalized spacial score (nSPS) is 16.6. The molecule has 1 aromatic rings. The molecule has 3 nitrogen and oxygen atoms in total. The molecule has 1 aliphatic rings. The monoisotopic (exact) mass is 254 g/mol. The molecule has 1 fully saturated rings. The molecule has 17 heavy (non-hydrogen) atoms. The zero-order valence-electron chi connectivity index (χ0n) is 10.2. The summed E-state index contributed by atoms with van der Waals surface area (Å²) in [5.74, 6) is 0.700. The molecular formula is C13H19ClN2O. The first-order valence-corrected chi connectivity index (χ1v) is 5.75. The Labute approximate surface area is 108 Å². The number of nitrogens with one attached hydrogen (secondary N) is 2. The lowest BCUT2D eigenvalue weighted by Crippen LogP contribution is -2.48. The van der Waals surface area contributed by atoms with E-state index >= 15 is 0 Å². The standard InChI is InChI=1S/C13H18N2O.ClH/c1-9-5-3-4-6-12(9)15-13(16)10(2)11-7-14-8-11;/h3-6,10-11,14H,7-8H2,1-2H3,(H,15,16);1H.